The number of aliphatic imine (C=N–C) groups is 1. The molecule has 0 amide bonds. The van der Waals surface area contributed by atoms with Crippen LogP contribution in [0.2, 0.25) is 0 Å². The smallest absolute Gasteiger partial charge is 0.191 e. The van der Waals surface area contributed by atoms with Crippen LogP contribution < -0.4 is 15.4 Å². The molecular weight excluding hydrogens is 340 g/mol. The third-order valence-corrected chi connectivity index (χ3v) is 5.66. The van der Waals surface area contributed by atoms with Crippen LogP contribution in [0.4, 0.5) is 0 Å². The maximum absolute atomic E-state index is 11.4. The van der Waals surface area contributed by atoms with E-state index < -0.39 is 9.84 Å². The number of methoxy groups -OCH3 is 1. The van der Waals surface area contributed by atoms with Crippen molar-refractivity contribution in [3.63, 3.8) is 0 Å². The van der Waals surface area contributed by atoms with Crippen molar-refractivity contribution >= 4 is 15.8 Å². The van der Waals surface area contributed by atoms with Crippen LogP contribution in [0.15, 0.2) is 29.3 Å². The molecule has 0 radical (unpaired) electrons. The fraction of sp³-hybridized carbons (Fsp3) is 0.588. The van der Waals surface area contributed by atoms with Crippen molar-refractivity contribution in [1.29, 1.82) is 0 Å². The lowest BCUT2D eigenvalue weighted by Crippen LogP contribution is -2.45. The minimum absolute atomic E-state index is 0.261. The number of nitrogens with one attached hydrogen (secondary N) is 2. The number of nitrogens with zero attached hydrogens (tertiary/aromatic N) is 2. The van der Waals surface area contributed by atoms with Gasteiger partial charge in [0.05, 0.1) is 25.2 Å². The largest absolute Gasteiger partial charge is 0.497 e. The molecule has 140 valence electrons. The summed E-state index contributed by atoms with van der Waals surface area (Å²) in [5, 5.41) is 6.53. The topological polar surface area (TPSA) is 83.0 Å². The number of benzene rings is 1. The molecule has 0 aromatic heterocycles. The summed E-state index contributed by atoms with van der Waals surface area (Å²) in [7, 11) is -1.17. The highest BCUT2D eigenvalue weighted by atomic mass is 32.2. The molecule has 0 saturated carbocycles. The van der Waals surface area contributed by atoms with E-state index in [0.717, 1.165) is 36.9 Å². The van der Waals surface area contributed by atoms with Gasteiger partial charge in [0.1, 0.15) is 5.75 Å². The van der Waals surface area contributed by atoms with Crippen molar-refractivity contribution in [3.05, 3.63) is 29.8 Å². The van der Waals surface area contributed by atoms with Crippen LogP contribution in [0, 0.1) is 0 Å². The molecule has 25 heavy (non-hydrogen) atoms. The van der Waals surface area contributed by atoms with Gasteiger partial charge in [0.25, 0.3) is 0 Å². The number of guanidine groups is 1. The van der Waals surface area contributed by atoms with Gasteiger partial charge in [-0.05, 0) is 24.6 Å². The lowest BCUT2D eigenvalue weighted by atomic mass is 10.2. The maximum Gasteiger partial charge on any atom is 0.191 e. The Bertz CT molecular complexity index is 662. The van der Waals surface area contributed by atoms with E-state index in [1.807, 2.05) is 31.2 Å². The fourth-order valence-corrected chi connectivity index (χ4v) is 3.87. The average Bonchev–Trinajstić information content (AvgIpc) is 2.61. The molecule has 7 nitrogen and oxygen atoms in total. The van der Waals surface area contributed by atoms with Crippen LogP contribution in [0.1, 0.15) is 12.5 Å². The molecule has 1 heterocycles. The molecule has 1 aliphatic heterocycles. The first kappa shape index (κ1) is 19.5. The first-order chi connectivity index (χ1) is 12.0. The zero-order chi connectivity index (χ0) is 18.1. The van der Waals surface area contributed by atoms with Gasteiger partial charge in [-0.25, -0.2) is 13.4 Å². The maximum atomic E-state index is 11.4. The van der Waals surface area contributed by atoms with E-state index in [2.05, 4.69) is 20.5 Å². The Labute approximate surface area is 150 Å². The predicted octanol–water partition coefficient (Wildman–Crippen LogP) is 0.481. The summed E-state index contributed by atoms with van der Waals surface area (Å²) in [6, 6.07) is 7.86. The normalized spacial score (nSPS) is 17.9. The molecule has 2 N–H and O–H groups in total. The van der Waals surface area contributed by atoms with Gasteiger partial charge in [0, 0.05) is 32.7 Å². The fourth-order valence-electron chi connectivity index (χ4n) is 2.59. The minimum Gasteiger partial charge on any atom is -0.497 e. The number of hydrogen-bond acceptors (Lipinski definition) is 5. The van der Waals surface area contributed by atoms with E-state index in [-0.39, 0.29) is 11.5 Å². The van der Waals surface area contributed by atoms with Gasteiger partial charge in [-0.3, -0.25) is 4.90 Å². The molecule has 1 aromatic carbocycles. The van der Waals surface area contributed by atoms with Gasteiger partial charge in [-0.15, -0.1) is 0 Å². The Morgan fingerprint density at radius 1 is 1.28 bits per heavy atom. The van der Waals surface area contributed by atoms with Gasteiger partial charge in [-0.2, -0.15) is 0 Å². The molecule has 8 heteroatoms. The van der Waals surface area contributed by atoms with Crippen molar-refractivity contribution < 1.29 is 13.2 Å². The zero-order valence-electron chi connectivity index (χ0n) is 15.0. The van der Waals surface area contributed by atoms with E-state index in [4.69, 9.17) is 4.74 Å². The number of ether oxygens (including phenoxy) is 1. The summed E-state index contributed by atoms with van der Waals surface area (Å²) in [5.74, 6) is 2.11. The van der Waals surface area contributed by atoms with Gasteiger partial charge >= 0.3 is 0 Å². The summed E-state index contributed by atoms with van der Waals surface area (Å²) < 4.78 is 28.1. The van der Waals surface area contributed by atoms with E-state index in [9.17, 15) is 8.42 Å². The lowest BCUT2D eigenvalue weighted by molar-refractivity contribution is 0.299. The van der Waals surface area contributed by atoms with Crippen molar-refractivity contribution in [1.82, 2.24) is 15.5 Å². The summed E-state index contributed by atoms with van der Waals surface area (Å²) in [6.07, 6.45) is 0. The molecule has 0 unspecified atom stereocenters. The first-order valence-corrected chi connectivity index (χ1v) is 10.4. The lowest BCUT2D eigenvalue weighted by Gasteiger charge is -2.26. The monoisotopic (exact) mass is 368 g/mol. The Morgan fingerprint density at radius 2 is 2.04 bits per heavy atom. The summed E-state index contributed by atoms with van der Waals surface area (Å²) >= 11 is 0. The van der Waals surface area contributed by atoms with E-state index in [1.165, 1.54) is 0 Å². The Morgan fingerprint density at radius 3 is 2.72 bits per heavy atom. The van der Waals surface area contributed by atoms with Crippen molar-refractivity contribution in [2.75, 3.05) is 51.3 Å². The molecule has 0 spiro atoms. The van der Waals surface area contributed by atoms with Crippen LogP contribution in [-0.4, -0.2) is 70.6 Å². The second-order valence-electron chi connectivity index (χ2n) is 5.97. The molecule has 0 atom stereocenters. The first-order valence-electron chi connectivity index (χ1n) is 8.60. The van der Waals surface area contributed by atoms with Crippen LogP contribution in [-0.2, 0) is 16.4 Å². The molecule has 1 saturated heterocycles. The number of sulfone groups is 1. The highest BCUT2D eigenvalue weighted by Crippen LogP contribution is 2.13. The summed E-state index contributed by atoms with van der Waals surface area (Å²) in [4.78, 5) is 6.76. The summed E-state index contributed by atoms with van der Waals surface area (Å²) in [6.45, 7) is 6.13. The standard InChI is InChI=1S/C17H28N4O3S/c1-3-18-17(20-14-15-5-4-6-16(13-15)24-2)19-7-8-21-9-11-25(22,23)12-10-21/h4-6,13H,3,7-12,14H2,1-2H3,(H2,18,19,20). The molecular formula is C17H28N4O3S. The molecule has 1 aliphatic rings. The van der Waals surface area contributed by atoms with Gasteiger partial charge in [0.15, 0.2) is 15.8 Å². The Kier molecular flexibility index (Phi) is 7.52. The SMILES string of the molecule is CCNC(=NCc1cccc(OC)c1)NCCN1CCS(=O)(=O)CC1. The second kappa shape index (κ2) is 9.62. The summed E-state index contributed by atoms with van der Waals surface area (Å²) in [5.41, 5.74) is 1.08. The van der Waals surface area contributed by atoms with Gasteiger partial charge in [0.2, 0.25) is 0 Å². The number of hydrogen-bond donors (Lipinski definition) is 2. The Hall–Kier alpha value is -1.80. The van der Waals surface area contributed by atoms with E-state index in [1.54, 1.807) is 7.11 Å². The second-order valence-corrected chi connectivity index (χ2v) is 8.27. The zero-order valence-corrected chi connectivity index (χ0v) is 15.8. The molecule has 2 rings (SSSR count). The Balaban J connectivity index is 1.81. The van der Waals surface area contributed by atoms with Gasteiger partial charge in [-0.1, -0.05) is 12.1 Å². The third kappa shape index (κ3) is 6.91. The van der Waals surface area contributed by atoms with Crippen molar-refractivity contribution in [3.8, 4) is 5.75 Å². The number of rotatable bonds is 7. The molecule has 1 aromatic rings. The van der Waals surface area contributed by atoms with E-state index >= 15 is 0 Å². The van der Waals surface area contributed by atoms with Crippen LogP contribution in [0.5, 0.6) is 5.75 Å². The minimum atomic E-state index is -2.82. The highest BCUT2D eigenvalue weighted by molar-refractivity contribution is 7.91. The van der Waals surface area contributed by atoms with Crippen LogP contribution >= 0.6 is 0 Å². The average molecular weight is 369 g/mol. The van der Waals surface area contributed by atoms with E-state index in [0.29, 0.717) is 19.6 Å². The molecule has 1 fully saturated rings. The molecule has 0 aliphatic carbocycles. The van der Waals surface area contributed by atoms with Crippen molar-refractivity contribution in [2.24, 2.45) is 4.99 Å². The van der Waals surface area contributed by atoms with Gasteiger partial charge < -0.3 is 15.4 Å². The highest BCUT2D eigenvalue weighted by Gasteiger charge is 2.20. The van der Waals surface area contributed by atoms with Crippen LogP contribution in [0.3, 0.4) is 0 Å². The van der Waals surface area contributed by atoms with Crippen LogP contribution in [0.25, 0.3) is 0 Å². The molecule has 0 bridgehead atoms. The predicted molar refractivity (Wildman–Crippen MR) is 101 cm³/mol. The third-order valence-electron chi connectivity index (χ3n) is 4.06. The quantitative estimate of drug-likeness (QED) is 0.538. The van der Waals surface area contributed by atoms with Crippen molar-refractivity contribution in [2.45, 2.75) is 13.5 Å².